The third kappa shape index (κ3) is 4.08. The number of β-amino-alcohol motifs (C(OH)–C–C–N with tert-alkyl or cyclic N) is 1. The highest BCUT2D eigenvalue weighted by molar-refractivity contribution is 5.98. The molecule has 6 heteroatoms. The monoisotopic (exact) mass is 386 g/mol. The second-order valence-corrected chi connectivity index (χ2v) is 7.80. The van der Waals surface area contributed by atoms with E-state index in [0.29, 0.717) is 31.1 Å². The van der Waals surface area contributed by atoms with Crippen molar-refractivity contribution < 1.29 is 18.7 Å². The van der Waals surface area contributed by atoms with Crippen LogP contribution in [-0.4, -0.2) is 47.0 Å². The third-order valence-electron chi connectivity index (χ3n) is 5.82. The Balaban J connectivity index is 1.27. The molecule has 1 atom stereocenters. The van der Waals surface area contributed by atoms with Crippen molar-refractivity contribution in [3.8, 4) is 0 Å². The number of rotatable bonds is 5. The van der Waals surface area contributed by atoms with Crippen LogP contribution in [0.2, 0.25) is 0 Å². The Hall–Kier alpha value is -2.31. The van der Waals surface area contributed by atoms with E-state index >= 15 is 0 Å². The van der Waals surface area contributed by atoms with E-state index in [4.69, 9.17) is 0 Å². The molecule has 2 aliphatic heterocycles. The lowest BCUT2D eigenvalue weighted by Crippen LogP contribution is -2.40. The first-order valence-electron chi connectivity index (χ1n) is 9.73. The minimum atomic E-state index is -0.637. The van der Waals surface area contributed by atoms with Crippen LogP contribution in [0.4, 0.5) is 8.78 Å². The van der Waals surface area contributed by atoms with Gasteiger partial charge in [0.25, 0.3) is 5.91 Å². The van der Waals surface area contributed by atoms with Gasteiger partial charge in [0.1, 0.15) is 11.6 Å². The number of carbonyl (C=O) groups is 1. The molecule has 4 rings (SSSR count). The lowest BCUT2D eigenvalue weighted by molar-refractivity contribution is 0.0654. The van der Waals surface area contributed by atoms with Gasteiger partial charge in [-0.3, -0.25) is 4.79 Å². The van der Waals surface area contributed by atoms with Crippen LogP contribution >= 0.6 is 0 Å². The second kappa shape index (κ2) is 7.97. The van der Waals surface area contributed by atoms with Crippen LogP contribution < -0.4 is 0 Å². The molecule has 0 saturated carbocycles. The summed E-state index contributed by atoms with van der Waals surface area (Å²) >= 11 is 0. The van der Waals surface area contributed by atoms with E-state index < -0.39 is 6.10 Å². The number of fused-ring (bicyclic) bond motifs is 1. The van der Waals surface area contributed by atoms with Crippen LogP contribution in [0.15, 0.2) is 42.5 Å². The first kappa shape index (κ1) is 19.0. The Bertz CT molecular complexity index is 848. The van der Waals surface area contributed by atoms with Gasteiger partial charge in [-0.1, -0.05) is 12.1 Å². The number of likely N-dealkylation sites (tertiary alicyclic amines) is 1. The van der Waals surface area contributed by atoms with E-state index in [1.807, 2.05) is 4.90 Å². The van der Waals surface area contributed by atoms with E-state index in [1.165, 1.54) is 24.3 Å². The predicted octanol–water partition coefficient (Wildman–Crippen LogP) is 3.37. The van der Waals surface area contributed by atoms with Crippen molar-refractivity contribution in [1.82, 2.24) is 9.80 Å². The fourth-order valence-electron chi connectivity index (χ4n) is 4.20. The number of hydrogen-bond donors (Lipinski definition) is 1. The van der Waals surface area contributed by atoms with Crippen molar-refractivity contribution in [2.75, 3.05) is 26.2 Å². The molecule has 1 amide bonds. The number of amides is 1. The molecule has 0 spiro atoms. The quantitative estimate of drug-likeness (QED) is 0.857. The van der Waals surface area contributed by atoms with E-state index in [1.54, 1.807) is 18.2 Å². The number of piperidine rings is 1. The maximum Gasteiger partial charge on any atom is 0.254 e. The first-order valence-corrected chi connectivity index (χ1v) is 9.73. The summed E-state index contributed by atoms with van der Waals surface area (Å²) in [7, 11) is 0. The molecule has 2 aromatic carbocycles. The molecule has 1 N–H and O–H groups in total. The topological polar surface area (TPSA) is 43.8 Å². The van der Waals surface area contributed by atoms with Crippen LogP contribution in [0.1, 0.15) is 40.4 Å². The van der Waals surface area contributed by atoms with Gasteiger partial charge in [0.05, 0.1) is 6.10 Å². The Kier molecular flexibility index (Phi) is 5.42. The van der Waals surface area contributed by atoms with Gasteiger partial charge in [-0.2, -0.15) is 0 Å². The fourth-order valence-corrected chi connectivity index (χ4v) is 4.20. The van der Waals surface area contributed by atoms with Crippen molar-refractivity contribution in [3.05, 3.63) is 70.8 Å². The molecule has 1 fully saturated rings. The van der Waals surface area contributed by atoms with Crippen molar-refractivity contribution in [2.45, 2.75) is 25.5 Å². The smallest absolute Gasteiger partial charge is 0.254 e. The average molecular weight is 386 g/mol. The molecule has 28 heavy (non-hydrogen) atoms. The number of aliphatic hydroxyl groups excluding tert-OH is 1. The molecule has 0 radical (unpaired) electrons. The standard InChI is InChI=1S/C22H24F2N2O2/c23-18-3-1-16(2-4-18)21(27)14-25-9-7-15(8-10-25)12-26-13-17-11-19(24)5-6-20(17)22(26)28/h1-6,11,15,21,27H,7-10,12-14H2. The van der Waals surface area contributed by atoms with Gasteiger partial charge in [0.15, 0.2) is 0 Å². The number of hydrogen-bond acceptors (Lipinski definition) is 3. The van der Waals surface area contributed by atoms with E-state index in [-0.39, 0.29) is 17.5 Å². The van der Waals surface area contributed by atoms with Crippen LogP contribution in [0.5, 0.6) is 0 Å². The zero-order valence-corrected chi connectivity index (χ0v) is 15.7. The van der Waals surface area contributed by atoms with Crippen LogP contribution in [0.25, 0.3) is 0 Å². The lowest BCUT2D eigenvalue weighted by Gasteiger charge is -2.34. The number of nitrogens with zero attached hydrogens (tertiary/aromatic N) is 2. The zero-order chi connectivity index (χ0) is 19.7. The molecule has 2 aromatic rings. The minimum absolute atomic E-state index is 0.0100. The van der Waals surface area contributed by atoms with E-state index in [2.05, 4.69) is 4.90 Å². The van der Waals surface area contributed by atoms with E-state index in [0.717, 1.165) is 37.1 Å². The largest absolute Gasteiger partial charge is 0.387 e. The number of benzene rings is 2. The summed E-state index contributed by atoms with van der Waals surface area (Å²) in [5.41, 5.74) is 2.10. The van der Waals surface area contributed by atoms with Crippen LogP contribution in [0.3, 0.4) is 0 Å². The van der Waals surface area contributed by atoms with Crippen LogP contribution in [0, 0.1) is 17.6 Å². The molecule has 2 heterocycles. The molecule has 0 bridgehead atoms. The zero-order valence-electron chi connectivity index (χ0n) is 15.7. The lowest BCUT2D eigenvalue weighted by atomic mass is 9.95. The fraction of sp³-hybridized carbons (Fsp3) is 0.409. The molecule has 0 aromatic heterocycles. The molecule has 1 saturated heterocycles. The molecule has 4 nitrogen and oxygen atoms in total. The highest BCUT2D eigenvalue weighted by Crippen LogP contribution is 2.27. The highest BCUT2D eigenvalue weighted by Gasteiger charge is 2.31. The number of carbonyl (C=O) groups excluding carboxylic acids is 1. The maximum absolute atomic E-state index is 13.4. The molecular weight excluding hydrogens is 362 g/mol. The molecular formula is C22H24F2N2O2. The summed E-state index contributed by atoms with van der Waals surface area (Å²) < 4.78 is 26.4. The minimum Gasteiger partial charge on any atom is -0.387 e. The van der Waals surface area contributed by atoms with Gasteiger partial charge in [-0.15, -0.1) is 0 Å². The van der Waals surface area contributed by atoms with Crippen molar-refractivity contribution in [3.63, 3.8) is 0 Å². The molecule has 1 unspecified atom stereocenters. The molecule has 0 aliphatic carbocycles. The second-order valence-electron chi connectivity index (χ2n) is 7.80. The predicted molar refractivity (Wildman–Crippen MR) is 102 cm³/mol. The first-order chi connectivity index (χ1) is 13.5. The van der Waals surface area contributed by atoms with Gasteiger partial charge in [0, 0.05) is 25.2 Å². The number of halogens is 2. The SMILES string of the molecule is O=C1c2ccc(F)cc2CN1CC1CCN(CC(O)c2ccc(F)cc2)CC1. The van der Waals surface area contributed by atoms with Gasteiger partial charge < -0.3 is 14.9 Å². The summed E-state index contributed by atoms with van der Waals surface area (Å²) in [5.74, 6) is -0.217. The Morgan fingerprint density at radius 1 is 1.04 bits per heavy atom. The van der Waals surface area contributed by atoms with Gasteiger partial charge in [0.2, 0.25) is 0 Å². The summed E-state index contributed by atoms with van der Waals surface area (Å²) in [4.78, 5) is 16.5. The third-order valence-corrected chi connectivity index (χ3v) is 5.82. The van der Waals surface area contributed by atoms with Crippen LogP contribution in [-0.2, 0) is 6.54 Å². The number of aliphatic hydroxyl groups is 1. The molecule has 148 valence electrons. The normalized spacial score (nSPS) is 19.1. The summed E-state index contributed by atoms with van der Waals surface area (Å²) in [6, 6.07) is 10.3. The van der Waals surface area contributed by atoms with Crippen molar-refractivity contribution >= 4 is 5.91 Å². The van der Waals surface area contributed by atoms with Gasteiger partial charge in [-0.05, 0) is 73.3 Å². The Morgan fingerprint density at radius 2 is 1.71 bits per heavy atom. The van der Waals surface area contributed by atoms with Crippen molar-refractivity contribution in [2.24, 2.45) is 5.92 Å². The van der Waals surface area contributed by atoms with Crippen molar-refractivity contribution in [1.29, 1.82) is 0 Å². The van der Waals surface area contributed by atoms with E-state index in [9.17, 15) is 18.7 Å². The molecule has 2 aliphatic rings. The summed E-state index contributed by atoms with van der Waals surface area (Å²) in [6.07, 6.45) is 1.26. The summed E-state index contributed by atoms with van der Waals surface area (Å²) in [5, 5.41) is 10.4. The van der Waals surface area contributed by atoms with Gasteiger partial charge in [-0.25, -0.2) is 8.78 Å². The highest BCUT2D eigenvalue weighted by atomic mass is 19.1. The maximum atomic E-state index is 13.4. The average Bonchev–Trinajstić information content (AvgIpc) is 2.98. The van der Waals surface area contributed by atoms with Gasteiger partial charge >= 0.3 is 0 Å². The Morgan fingerprint density at radius 3 is 2.43 bits per heavy atom. The summed E-state index contributed by atoms with van der Waals surface area (Å²) in [6.45, 7) is 3.39. The Labute approximate surface area is 163 Å².